The van der Waals surface area contributed by atoms with Crippen molar-refractivity contribution in [1.82, 2.24) is 4.90 Å². The molecule has 2 heterocycles. The summed E-state index contributed by atoms with van der Waals surface area (Å²) in [6, 6.07) is 2.46. The van der Waals surface area contributed by atoms with Gasteiger partial charge >= 0.3 is 6.03 Å². The van der Waals surface area contributed by atoms with Crippen molar-refractivity contribution in [3.8, 4) is 18.1 Å². The highest BCUT2D eigenvalue weighted by Gasteiger charge is 2.43. The summed E-state index contributed by atoms with van der Waals surface area (Å²) < 4.78 is 5.33. The van der Waals surface area contributed by atoms with E-state index in [0.717, 1.165) is 17.7 Å². The maximum atomic E-state index is 12.5. The molecule has 0 bridgehead atoms. The minimum absolute atomic E-state index is 0.0139. The van der Waals surface area contributed by atoms with Crippen LogP contribution < -0.4 is 9.64 Å². The van der Waals surface area contributed by atoms with Gasteiger partial charge in [-0.05, 0) is 18.9 Å². The van der Waals surface area contributed by atoms with Crippen LogP contribution in [0.25, 0.3) is 0 Å². The van der Waals surface area contributed by atoms with Crippen molar-refractivity contribution in [2.75, 3.05) is 18.1 Å². The van der Waals surface area contributed by atoms with Gasteiger partial charge in [0, 0.05) is 12.6 Å². The van der Waals surface area contributed by atoms with E-state index in [0.29, 0.717) is 12.2 Å². The van der Waals surface area contributed by atoms with Crippen molar-refractivity contribution in [2.45, 2.75) is 12.8 Å². The Morgan fingerprint density at radius 3 is 2.74 bits per heavy atom. The number of halogens is 2. The smallest absolute Gasteiger partial charge is 0.336 e. The maximum absolute atomic E-state index is 12.5. The average molecular weight is 351 g/mol. The van der Waals surface area contributed by atoms with Crippen molar-refractivity contribution in [3.63, 3.8) is 0 Å². The maximum Gasteiger partial charge on any atom is 0.336 e. The number of imide groups is 1. The molecular weight excluding hydrogens is 339 g/mol. The molecule has 23 heavy (non-hydrogen) atoms. The van der Waals surface area contributed by atoms with Crippen LogP contribution in [0.2, 0.25) is 10.0 Å². The second kappa shape index (κ2) is 6.15. The number of hydrogen-bond acceptors (Lipinski definition) is 3. The van der Waals surface area contributed by atoms with Crippen molar-refractivity contribution in [2.24, 2.45) is 0 Å². The van der Waals surface area contributed by atoms with Gasteiger partial charge < -0.3 is 4.74 Å². The van der Waals surface area contributed by atoms with Crippen LogP contribution in [0.4, 0.5) is 10.5 Å². The summed E-state index contributed by atoms with van der Waals surface area (Å²) in [4.78, 5) is 27.6. The summed E-state index contributed by atoms with van der Waals surface area (Å²) in [6.45, 7) is 0.526. The highest BCUT2D eigenvalue weighted by molar-refractivity contribution is 6.39. The number of fused-ring (bicyclic) bond motifs is 1. The molecule has 0 aromatic heterocycles. The van der Waals surface area contributed by atoms with E-state index in [4.69, 9.17) is 34.4 Å². The lowest BCUT2D eigenvalue weighted by atomic mass is 10.2. The Kier molecular flexibility index (Phi) is 4.20. The normalized spacial score (nSPS) is 17.0. The quantitative estimate of drug-likeness (QED) is 0.619. The molecule has 0 spiro atoms. The monoisotopic (exact) mass is 350 g/mol. The summed E-state index contributed by atoms with van der Waals surface area (Å²) >= 11 is 12.2. The highest BCUT2D eigenvalue weighted by Crippen LogP contribution is 2.40. The summed E-state index contributed by atoms with van der Waals surface area (Å²) in [5.41, 5.74) is 0.617. The Morgan fingerprint density at radius 2 is 2.04 bits per heavy atom. The standard InChI is InChI=1S/C16H12Cl2N2O3/c1-2-7-23-14-9-13(10(17)8-11(14)18)20-15(21)12-5-3-4-6-19(12)16(20)22/h1,5,8-9H,3-4,6-7H2. The molecule has 5 nitrogen and oxygen atoms in total. The number of anilines is 1. The Morgan fingerprint density at radius 1 is 1.26 bits per heavy atom. The molecule has 7 heteroatoms. The molecule has 0 unspecified atom stereocenters. The third kappa shape index (κ3) is 2.65. The Balaban J connectivity index is 2.03. The molecule has 2 aliphatic heterocycles. The van der Waals surface area contributed by atoms with Gasteiger partial charge in [0.25, 0.3) is 5.91 Å². The van der Waals surface area contributed by atoms with Gasteiger partial charge in [-0.1, -0.05) is 35.2 Å². The van der Waals surface area contributed by atoms with Crippen LogP contribution in [0.3, 0.4) is 0 Å². The first-order valence-electron chi connectivity index (χ1n) is 6.96. The molecule has 0 aliphatic carbocycles. The van der Waals surface area contributed by atoms with Crippen LogP contribution in [0.15, 0.2) is 23.9 Å². The van der Waals surface area contributed by atoms with Crippen LogP contribution in [-0.2, 0) is 4.79 Å². The molecule has 1 aromatic carbocycles. The number of benzene rings is 1. The van der Waals surface area contributed by atoms with E-state index in [1.165, 1.54) is 17.0 Å². The third-order valence-corrected chi connectivity index (χ3v) is 4.21. The molecule has 0 saturated carbocycles. The predicted octanol–water partition coefficient (Wildman–Crippen LogP) is 3.45. The Hall–Kier alpha value is -2.16. The van der Waals surface area contributed by atoms with E-state index in [2.05, 4.69) is 5.92 Å². The lowest BCUT2D eigenvalue weighted by Gasteiger charge is -2.20. The number of carbonyl (C=O) groups is 2. The topological polar surface area (TPSA) is 49.9 Å². The fourth-order valence-electron chi connectivity index (χ4n) is 2.57. The number of hydrogen-bond donors (Lipinski definition) is 0. The molecule has 1 aromatic rings. The predicted molar refractivity (Wildman–Crippen MR) is 87.7 cm³/mol. The molecule has 0 radical (unpaired) electrons. The van der Waals surface area contributed by atoms with Crippen LogP contribution >= 0.6 is 23.2 Å². The van der Waals surface area contributed by atoms with Gasteiger partial charge in [-0.25, -0.2) is 9.69 Å². The van der Waals surface area contributed by atoms with E-state index >= 15 is 0 Å². The second-order valence-corrected chi connectivity index (χ2v) is 5.85. The summed E-state index contributed by atoms with van der Waals surface area (Å²) in [5.74, 6) is 2.19. The first-order valence-corrected chi connectivity index (χ1v) is 7.71. The zero-order chi connectivity index (χ0) is 16.6. The molecule has 0 atom stereocenters. The summed E-state index contributed by atoms with van der Waals surface area (Å²) in [5, 5.41) is 0.440. The number of amides is 3. The van der Waals surface area contributed by atoms with Crippen LogP contribution in [0, 0.1) is 12.3 Å². The lowest BCUT2D eigenvalue weighted by molar-refractivity contribution is -0.114. The van der Waals surface area contributed by atoms with Crippen LogP contribution in [-0.4, -0.2) is 30.0 Å². The minimum Gasteiger partial charge on any atom is -0.479 e. The zero-order valence-corrected chi connectivity index (χ0v) is 13.5. The largest absolute Gasteiger partial charge is 0.479 e. The summed E-state index contributed by atoms with van der Waals surface area (Å²) in [7, 11) is 0. The molecule has 3 rings (SSSR count). The van der Waals surface area contributed by atoms with Gasteiger partial charge in [0.15, 0.2) is 0 Å². The average Bonchev–Trinajstić information content (AvgIpc) is 2.79. The first kappa shape index (κ1) is 15.7. The fourth-order valence-corrected chi connectivity index (χ4v) is 3.10. The Labute approximate surface area is 143 Å². The van der Waals surface area contributed by atoms with Gasteiger partial charge in [-0.2, -0.15) is 0 Å². The number of ether oxygens (including phenoxy) is 1. The number of carbonyl (C=O) groups excluding carboxylic acids is 2. The molecule has 1 saturated heterocycles. The third-order valence-electron chi connectivity index (χ3n) is 3.61. The molecule has 2 aliphatic rings. The van der Waals surface area contributed by atoms with E-state index in [1.807, 2.05) is 0 Å². The van der Waals surface area contributed by atoms with Gasteiger partial charge in [-0.15, -0.1) is 6.42 Å². The highest BCUT2D eigenvalue weighted by atomic mass is 35.5. The Bertz CT molecular complexity index is 767. The molecular formula is C16H12Cl2N2O3. The van der Waals surface area contributed by atoms with Crippen LogP contribution in [0.1, 0.15) is 12.8 Å². The van der Waals surface area contributed by atoms with Gasteiger partial charge in [0.1, 0.15) is 18.1 Å². The first-order chi connectivity index (χ1) is 11.0. The van der Waals surface area contributed by atoms with Crippen LogP contribution in [0.5, 0.6) is 5.75 Å². The summed E-state index contributed by atoms with van der Waals surface area (Å²) in [6.07, 6.45) is 8.52. The number of urea groups is 1. The molecule has 0 N–H and O–H groups in total. The van der Waals surface area contributed by atoms with Gasteiger partial charge in [0.2, 0.25) is 0 Å². The minimum atomic E-state index is -0.423. The van der Waals surface area contributed by atoms with Gasteiger partial charge in [0.05, 0.1) is 15.7 Å². The number of allylic oxidation sites excluding steroid dienone is 1. The molecule has 1 fully saturated rings. The second-order valence-electron chi connectivity index (χ2n) is 5.03. The number of nitrogens with zero attached hydrogens (tertiary/aromatic N) is 2. The van der Waals surface area contributed by atoms with Crippen molar-refractivity contribution < 1.29 is 14.3 Å². The van der Waals surface area contributed by atoms with Crippen molar-refractivity contribution in [1.29, 1.82) is 0 Å². The molecule has 118 valence electrons. The SMILES string of the molecule is C#CCOc1cc(N2C(=O)C3=CCCCN3C2=O)c(Cl)cc1Cl. The fraction of sp³-hybridized carbons (Fsp3) is 0.250. The van der Waals surface area contributed by atoms with E-state index in [1.54, 1.807) is 6.08 Å². The van der Waals surface area contributed by atoms with Crippen molar-refractivity contribution in [3.05, 3.63) is 34.0 Å². The number of rotatable bonds is 3. The van der Waals surface area contributed by atoms with Crippen molar-refractivity contribution >= 4 is 40.8 Å². The number of terminal acetylenes is 1. The van der Waals surface area contributed by atoms with E-state index in [9.17, 15) is 9.59 Å². The zero-order valence-electron chi connectivity index (χ0n) is 12.0. The van der Waals surface area contributed by atoms with E-state index < -0.39 is 11.9 Å². The van der Waals surface area contributed by atoms with Gasteiger partial charge in [-0.3, -0.25) is 9.69 Å². The lowest BCUT2D eigenvalue weighted by Crippen LogP contribution is -2.34. The van der Waals surface area contributed by atoms with E-state index in [-0.39, 0.29) is 28.1 Å². The molecule has 3 amide bonds.